The van der Waals surface area contributed by atoms with Crippen LogP contribution in [0.4, 0.5) is 5.69 Å². The Balaban J connectivity index is 1.96. The van der Waals surface area contributed by atoms with Crippen LogP contribution in [0.3, 0.4) is 0 Å². The summed E-state index contributed by atoms with van der Waals surface area (Å²) in [7, 11) is 0. The number of nitrogens with one attached hydrogen (secondary N) is 1. The van der Waals surface area contributed by atoms with Gasteiger partial charge in [-0.1, -0.05) is 12.1 Å². The highest BCUT2D eigenvalue weighted by atomic mass is 16.6. The molecule has 0 saturated carbocycles. The first-order chi connectivity index (χ1) is 12.5. The van der Waals surface area contributed by atoms with Crippen LogP contribution in [0.1, 0.15) is 32.3 Å². The smallest absolute Gasteiger partial charge is 0.309 e. The van der Waals surface area contributed by atoms with Gasteiger partial charge in [0.1, 0.15) is 0 Å². The minimum atomic E-state index is -0.412. The number of carbonyl (C=O) groups excluding carboxylic acids is 1. The van der Waals surface area contributed by atoms with E-state index < -0.39 is 4.92 Å². The number of nitro benzene ring substituents is 1. The Morgan fingerprint density at radius 3 is 2.50 bits per heavy atom. The minimum Gasteiger partial charge on any atom is -0.466 e. The van der Waals surface area contributed by atoms with Gasteiger partial charge < -0.3 is 15.0 Å². The van der Waals surface area contributed by atoms with Crippen LogP contribution >= 0.6 is 0 Å². The molecule has 0 radical (unpaired) electrons. The number of nitrogens with zero attached hydrogens (tertiary/aromatic N) is 3. The Bertz CT molecular complexity index is 637. The van der Waals surface area contributed by atoms with Crippen LogP contribution in [-0.2, 0) is 16.1 Å². The van der Waals surface area contributed by atoms with Crippen molar-refractivity contribution in [1.82, 2.24) is 10.2 Å². The van der Waals surface area contributed by atoms with Gasteiger partial charge in [-0.2, -0.15) is 0 Å². The Kier molecular flexibility index (Phi) is 7.37. The average molecular weight is 362 g/mol. The second-order valence-electron chi connectivity index (χ2n) is 6.11. The van der Waals surface area contributed by atoms with Crippen molar-refractivity contribution in [3.63, 3.8) is 0 Å². The van der Waals surface area contributed by atoms with E-state index in [0.717, 1.165) is 44.0 Å². The predicted molar refractivity (Wildman–Crippen MR) is 98.8 cm³/mol. The van der Waals surface area contributed by atoms with Gasteiger partial charge in [-0.15, -0.1) is 0 Å². The molecule has 1 aromatic rings. The summed E-state index contributed by atoms with van der Waals surface area (Å²) >= 11 is 0. The van der Waals surface area contributed by atoms with Gasteiger partial charge in [0.25, 0.3) is 5.69 Å². The van der Waals surface area contributed by atoms with Crippen molar-refractivity contribution >= 4 is 17.6 Å². The fourth-order valence-electron chi connectivity index (χ4n) is 2.90. The van der Waals surface area contributed by atoms with Crippen molar-refractivity contribution in [3.8, 4) is 0 Å². The first-order valence-corrected chi connectivity index (χ1v) is 8.98. The molecule has 1 fully saturated rings. The maximum Gasteiger partial charge on any atom is 0.309 e. The summed E-state index contributed by atoms with van der Waals surface area (Å²) in [6.07, 6.45) is 1.50. The van der Waals surface area contributed by atoms with Crippen LogP contribution in [0.25, 0.3) is 0 Å². The summed E-state index contributed by atoms with van der Waals surface area (Å²) < 4.78 is 5.11. The van der Waals surface area contributed by atoms with E-state index in [2.05, 4.69) is 15.2 Å². The molecule has 8 heteroatoms. The number of nitro groups is 1. The maximum atomic E-state index is 11.9. The van der Waals surface area contributed by atoms with Crippen molar-refractivity contribution < 1.29 is 14.5 Å². The molecule has 1 N–H and O–H groups in total. The molecule has 0 aliphatic carbocycles. The van der Waals surface area contributed by atoms with Crippen molar-refractivity contribution in [2.24, 2.45) is 10.9 Å². The molecule has 0 bridgehead atoms. The SMILES string of the molecule is CCNC(=NCc1ccc([N+](=O)[O-])cc1)N1CCC(C(=O)OCC)CC1. The molecule has 0 unspecified atom stereocenters. The molecule has 1 heterocycles. The summed E-state index contributed by atoms with van der Waals surface area (Å²) in [5.41, 5.74) is 0.984. The number of carbonyl (C=O) groups is 1. The number of guanidine groups is 1. The second-order valence-corrected chi connectivity index (χ2v) is 6.11. The van der Waals surface area contributed by atoms with Gasteiger partial charge in [0.05, 0.1) is 24.0 Å². The van der Waals surface area contributed by atoms with E-state index in [1.807, 2.05) is 13.8 Å². The molecule has 0 spiro atoms. The van der Waals surface area contributed by atoms with E-state index in [4.69, 9.17) is 4.74 Å². The number of hydrogen-bond donors (Lipinski definition) is 1. The van der Waals surface area contributed by atoms with Crippen LogP contribution in [0, 0.1) is 16.0 Å². The van der Waals surface area contributed by atoms with E-state index in [0.29, 0.717) is 13.2 Å². The van der Waals surface area contributed by atoms with E-state index in [9.17, 15) is 14.9 Å². The van der Waals surface area contributed by atoms with E-state index in [-0.39, 0.29) is 17.6 Å². The molecule has 8 nitrogen and oxygen atoms in total. The molecule has 0 atom stereocenters. The molecule has 1 aromatic carbocycles. The first-order valence-electron chi connectivity index (χ1n) is 8.98. The standard InChI is InChI=1S/C18H26N4O4/c1-3-19-18(20-13-14-5-7-16(8-6-14)22(24)25)21-11-9-15(10-12-21)17(23)26-4-2/h5-8,15H,3-4,9-13H2,1-2H3,(H,19,20). The largest absolute Gasteiger partial charge is 0.466 e. The first kappa shape index (κ1) is 19.7. The summed E-state index contributed by atoms with van der Waals surface area (Å²) in [5, 5.41) is 14.0. The number of hydrogen-bond acceptors (Lipinski definition) is 5. The molecule has 142 valence electrons. The summed E-state index contributed by atoms with van der Waals surface area (Å²) in [6, 6.07) is 6.42. The summed E-state index contributed by atoms with van der Waals surface area (Å²) in [4.78, 5) is 28.9. The fraction of sp³-hybridized carbons (Fsp3) is 0.556. The molecule has 2 rings (SSSR count). The number of benzene rings is 1. The molecular formula is C18H26N4O4. The van der Waals surface area contributed by atoms with Crippen LogP contribution in [0.5, 0.6) is 0 Å². The van der Waals surface area contributed by atoms with E-state index in [1.165, 1.54) is 12.1 Å². The lowest BCUT2D eigenvalue weighted by molar-refractivity contribution is -0.384. The molecule has 1 aliphatic heterocycles. The lowest BCUT2D eigenvalue weighted by Crippen LogP contribution is -2.46. The predicted octanol–water partition coefficient (Wildman–Crippen LogP) is 2.34. The lowest BCUT2D eigenvalue weighted by atomic mass is 9.97. The van der Waals surface area contributed by atoms with Crippen LogP contribution in [-0.4, -0.2) is 48.0 Å². The van der Waals surface area contributed by atoms with Crippen molar-refractivity contribution in [3.05, 3.63) is 39.9 Å². The number of aliphatic imine (C=N–C) groups is 1. The zero-order chi connectivity index (χ0) is 18.9. The molecule has 0 aromatic heterocycles. The Labute approximate surface area is 153 Å². The highest BCUT2D eigenvalue weighted by Crippen LogP contribution is 2.19. The topological polar surface area (TPSA) is 97.1 Å². The van der Waals surface area contributed by atoms with Gasteiger partial charge >= 0.3 is 5.97 Å². The number of rotatable bonds is 6. The van der Waals surface area contributed by atoms with Gasteiger partial charge in [0, 0.05) is 31.8 Å². The van der Waals surface area contributed by atoms with Crippen molar-refractivity contribution in [2.45, 2.75) is 33.2 Å². The number of likely N-dealkylation sites (tertiary alicyclic amines) is 1. The number of ether oxygens (including phenoxy) is 1. The highest BCUT2D eigenvalue weighted by molar-refractivity contribution is 5.80. The zero-order valence-electron chi connectivity index (χ0n) is 15.3. The Morgan fingerprint density at radius 2 is 1.96 bits per heavy atom. The Morgan fingerprint density at radius 1 is 1.31 bits per heavy atom. The number of esters is 1. The Hall–Kier alpha value is -2.64. The molecule has 1 saturated heterocycles. The third-order valence-electron chi connectivity index (χ3n) is 4.31. The van der Waals surface area contributed by atoms with Gasteiger partial charge in [0.15, 0.2) is 5.96 Å². The van der Waals surface area contributed by atoms with Gasteiger partial charge in [0.2, 0.25) is 0 Å². The summed E-state index contributed by atoms with van der Waals surface area (Å²) in [5.74, 6) is 0.650. The maximum absolute atomic E-state index is 11.9. The molecular weight excluding hydrogens is 336 g/mol. The zero-order valence-corrected chi connectivity index (χ0v) is 15.3. The van der Waals surface area contributed by atoms with E-state index >= 15 is 0 Å². The van der Waals surface area contributed by atoms with Crippen LogP contribution in [0.2, 0.25) is 0 Å². The van der Waals surface area contributed by atoms with Crippen LogP contribution in [0.15, 0.2) is 29.3 Å². The van der Waals surface area contributed by atoms with Gasteiger partial charge in [-0.25, -0.2) is 4.99 Å². The lowest BCUT2D eigenvalue weighted by Gasteiger charge is -2.33. The fourth-order valence-corrected chi connectivity index (χ4v) is 2.90. The summed E-state index contributed by atoms with van der Waals surface area (Å²) in [6.45, 7) is 6.92. The monoisotopic (exact) mass is 362 g/mol. The van der Waals surface area contributed by atoms with Crippen molar-refractivity contribution in [2.75, 3.05) is 26.2 Å². The van der Waals surface area contributed by atoms with Crippen molar-refractivity contribution in [1.29, 1.82) is 0 Å². The second kappa shape index (κ2) is 9.74. The highest BCUT2D eigenvalue weighted by Gasteiger charge is 2.27. The minimum absolute atomic E-state index is 0.0382. The van der Waals surface area contributed by atoms with Crippen LogP contribution < -0.4 is 5.32 Å². The molecule has 26 heavy (non-hydrogen) atoms. The van der Waals surface area contributed by atoms with E-state index in [1.54, 1.807) is 12.1 Å². The average Bonchev–Trinajstić information content (AvgIpc) is 2.66. The quantitative estimate of drug-likeness (QED) is 0.274. The third kappa shape index (κ3) is 5.44. The van der Waals surface area contributed by atoms with Gasteiger partial charge in [-0.05, 0) is 32.3 Å². The number of non-ortho nitro benzene ring substituents is 1. The number of piperidine rings is 1. The van der Waals surface area contributed by atoms with Gasteiger partial charge in [-0.3, -0.25) is 14.9 Å². The third-order valence-corrected chi connectivity index (χ3v) is 4.31. The molecule has 0 amide bonds. The molecule has 1 aliphatic rings. The normalized spacial score (nSPS) is 15.6.